The van der Waals surface area contributed by atoms with Crippen molar-refractivity contribution in [2.24, 2.45) is 0 Å². The number of nitrogens with two attached hydrogens (primary N) is 2. The highest BCUT2D eigenvalue weighted by Gasteiger charge is 2.09. The van der Waals surface area contributed by atoms with E-state index in [1.807, 2.05) is 0 Å². The average Bonchev–Trinajstić information content (AvgIpc) is 2.38. The Kier molecular flexibility index (Phi) is 3.29. The van der Waals surface area contributed by atoms with Crippen molar-refractivity contribution in [2.75, 3.05) is 11.5 Å². The number of anilines is 2. The molecule has 1 heterocycles. The number of aromatic nitrogens is 1. The molecule has 19 heavy (non-hydrogen) atoms. The molecule has 0 saturated heterocycles. The molecule has 0 radical (unpaired) electrons. The van der Waals surface area contributed by atoms with Gasteiger partial charge in [0.15, 0.2) is 17.5 Å². The highest BCUT2D eigenvalue weighted by molar-refractivity contribution is 5.52. The van der Waals surface area contributed by atoms with Crippen LogP contribution < -0.4 is 11.5 Å². The number of pyridine rings is 1. The molecule has 1 aromatic heterocycles. The minimum atomic E-state index is -0.948. The van der Waals surface area contributed by atoms with Gasteiger partial charge in [-0.3, -0.25) is 0 Å². The number of hydrogen-bond acceptors (Lipinski definition) is 3. The van der Waals surface area contributed by atoms with Crippen LogP contribution >= 0.6 is 0 Å². The molecule has 0 atom stereocenters. The molecule has 0 fully saturated rings. The number of nitrogen functional groups attached to an aromatic ring is 2. The zero-order valence-corrected chi connectivity index (χ0v) is 9.55. The van der Waals surface area contributed by atoms with E-state index in [4.69, 9.17) is 11.5 Å². The first-order chi connectivity index (χ1) is 8.99. The standard InChI is InChI=1S/C13H8F3N3/c14-9-3-4-11(17)12(16)8(9)2-1-7-5-10(15)13(18)19-6-7/h3-6H,17H2,(H2,18,19). The molecule has 0 unspecified atom stereocenters. The van der Waals surface area contributed by atoms with Crippen molar-refractivity contribution in [1.82, 2.24) is 4.98 Å². The van der Waals surface area contributed by atoms with Crippen LogP contribution in [0, 0.1) is 29.3 Å². The quantitative estimate of drug-likeness (QED) is 0.565. The fraction of sp³-hybridized carbons (Fsp3) is 0. The van der Waals surface area contributed by atoms with Crippen molar-refractivity contribution >= 4 is 11.5 Å². The molecule has 4 N–H and O–H groups in total. The van der Waals surface area contributed by atoms with E-state index >= 15 is 0 Å². The highest BCUT2D eigenvalue weighted by Crippen LogP contribution is 2.17. The summed E-state index contributed by atoms with van der Waals surface area (Å²) in [6.45, 7) is 0. The zero-order valence-electron chi connectivity index (χ0n) is 9.55. The first-order valence-electron chi connectivity index (χ1n) is 5.15. The van der Waals surface area contributed by atoms with Gasteiger partial charge in [-0.1, -0.05) is 11.8 Å². The molecule has 0 aliphatic heterocycles. The molecule has 96 valence electrons. The second-order valence-electron chi connectivity index (χ2n) is 3.67. The third-order valence-electron chi connectivity index (χ3n) is 2.32. The van der Waals surface area contributed by atoms with Crippen molar-refractivity contribution in [3.63, 3.8) is 0 Å². The van der Waals surface area contributed by atoms with E-state index < -0.39 is 23.0 Å². The van der Waals surface area contributed by atoms with Gasteiger partial charge in [0.2, 0.25) is 0 Å². The second kappa shape index (κ2) is 4.90. The lowest BCUT2D eigenvalue weighted by Crippen LogP contribution is -1.97. The van der Waals surface area contributed by atoms with Gasteiger partial charge in [0, 0.05) is 11.8 Å². The van der Waals surface area contributed by atoms with E-state index in [2.05, 4.69) is 16.8 Å². The van der Waals surface area contributed by atoms with Crippen molar-refractivity contribution in [1.29, 1.82) is 0 Å². The van der Waals surface area contributed by atoms with Crippen LogP contribution in [0.1, 0.15) is 11.1 Å². The fourth-order valence-corrected chi connectivity index (χ4v) is 1.33. The number of halogens is 3. The van der Waals surface area contributed by atoms with Crippen molar-refractivity contribution < 1.29 is 13.2 Å². The first-order valence-corrected chi connectivity index (χ1v) is 5.15. The van der Waals surface area contributed by atoms with Crippen molar-refractivity contribution in [3.8, 4) is 11.8 Å². The minimum Gasteiger partial charge on any atom is -0.396 e. The lowest BCUT2D eigenvalue weighted by molar-refractivity contribution is 0.580. The summed E-state index contributed by atoms with van der Waals surface area (Å²) >= 11 is 0. The molecule has 0 amide bonds. The molecule has 0 aliphatic carbocycles. The maximum atomic E-state index is 13.5. The van der Waals surface area contributed by atoms with Crippen LogP contribution in [0.25, 0.3) is 0 Å². The Labute approximate surface area is 107 Å². The number of benzene rings is 1. The van der Waals surface area contributed by atoms with Crippen LogP contribution in [0.2, 0.25) is 0 Å². The van der Waals surface area contributed by atoms with Gasteiger partial charge in [0.1, 0.15) is 5.82 Å². The average molecular weight is 263 g/mol. The third kappa shape index (κ3) is 2.60. The number of nitrogens with zero attached hydrogens (tertiary/aromatic N) is 1. The molecule has 0 spiro atoms. The van der Waals surface area contributed by atoms with Crippen LogP contribution in [0.15, 0.2) is 24.4 Å². The molecular formula is C13H8F3N3. The van der Waals surface area contributed by atoms with Gasteiger partial charge >= 0.3 is 0 Å². The monoisotopic (exact) mass is 263 g/mol. The Bertz CT molecular complexity index is 702. The lowest BCUT2D eigenvalue weighted by atomic mass is 10.1. The van der Waals surface area contributed by atoms with E-state index in [9.17, 15) is 13.2 Å². The SMILES string of the molecule is Nc1ccc(F)c(C#Cc2cnc(N)c(F)c2)c1F. The van der Waals surface area contributed by atoms with Gasteiger partial charge in [-0.2, -0.15) is 0 Å². The zero-order chi connectivity index (χ0) is 14.0. The molecule has 0 bridgehead atoms. The Morgan fingerprint density at radius 1 is 1.00 bits per heavy atom. The highest BCUT2D eigenvalue weighted by atomic mass is 19.1. The van der Waals surface area contributed by atoms with E-state index in [1.54, 1.807) is 0 Å². The summed E-state index contributed by atoms with van der Waals surface area (Å²) in [5.74, 6) is 1.84. The van der Waals surface area contributed by atoms with Crippen LogP contribution in [-0.2, 0) is 0 Å². The van der Waals surface area contributed by atoms with E-state index in [-0.39, 0.29) is 17.1 Å². The first kappa shape index (κ1) is 12.8. The minimum absolute atomic E-state index is 0.146. The Balaban J connectivity index is 2.45. The van der Waals surface area contributed by atoms with Gasteiger partial charge < -0.3 is 11.5 Å². The summed E-state index contributed by atoms with van der Waals surface area (Å²) < 4.78 is 40.0. The molecule has 2 aromatic rings. The van der Waals surface area contributed by atoms with Crippen LogP contribution in [0.4, 0.5) is 24.7 Å². The molecule has 0 aliphatic rings. The predicted molar refractivity (Wildman–Crippen MR) is 65.4 cm³/mol. The molecule has 3 nitrogen and oxygen atoms in total. The summed E-state index contributed by atoms with van der Waals surface area (Å²) in [6.07, 6.45) is 1.20. The summed E-state index contributed by atoms with van der Waals surface area (Å²) in [5.41, 5.74) is 9.95. The van der Waals surface area contributed by atoms with Crippen molar-refractivity contribution in [2.45, 2.75) is 0 Å². The van der Waals surface area contributed by atoms with Crippen LogP contribution in [0.3, 0.4) is 0 Å². The normalized spacial score (nSPS) is 9.84. The Morgan fingerprint density at radius 2 is 1.74 bits per heavy atom. The fourth-order valence-electron chi connectivity index (χ4n) is 1.33. The summed E-state index contributed by atoms with van der Waals surface area (Å²) in [4.78, 5) is 3.54. The molecule has 6 heteroatoms. The number of hydrogen-bond donors (Lipinski definition) is 2. The smallest absolute Gasteiger partial charge is 0.166 e. The summed E-state index contributed by atoms with van der Waals surface area (Å²) in [7, 11) is 0. The summed E-state index contributed by atoms with van der Waals surface area (Å²) in [6, 6.07) is 3.13. The van der Waals surface area contributed by atoms with E-state index in [1.165, 1.54) is 6.20 Å². The lowest BCUT2D eigenvalue weighted by Gasteiger charge is -2.00. The second-order valence-corrected chi connectivity index (χ2v) is 3.67. The molecule has 2 rings (SSSR count). The van der Waals surface area contributed by atoms with Crippen LogP contribution in [0.5, 0.6) is 0 Å². The number of rotatable bonds is 0. The van der Waals surface area contributed by atoms with E-state index in [0.29, 0.717) is 0 Å². The van der Waals surface area contributed by atoms with Crippen molar-refractivity contribution in [3.05, 3.63) is 53.0 Å². The van der Waals surface area contributed by atoms with E-state index in [0.717, 1.165) is 18.2 Å². The predicted octanol–water partition coefficient (Wildman–Crippen LogP) is 2.06. The maximum absolute atomic E-state index is 13.5. The Hall–Kier alpha value is -2.68. The van der Waals surface area contributed by atoms with Gasteiger partial charge in [0.05, 0.1) is 11.3 Å². The Morgan fingerprint density at radius 3 is 2.42 bits per heavy atom. The third-order valence-corrected chi connectivity index (χ3v) is 2.32. The summed E-state index contributed by atoms with van der Waals surface area (Å²) in [5, 5.41) is 0. The van der Waals surface area contributed by atoms with Gasteiger partial charge in [-0.25, -0.2) is 18.2 Å². The molecule has 1 aromatic carbocycles. The molecular weight excluding hydrogens is 255 g/mol. The van der Waals surface area contributed by atoms with Crippen LogP contribution in [-0.4, -0.2) is 4.98 Å². The van der Waals surface area contributed by atoms with Gasteiger partial charge in [-0.05, 0) is 18.2 Å². The maximum Gasteiger partial charge on any atom is 0.166 e. The van der Waals surface area contributed by atoms with Gasteiger partial charge in [-0.15, -0.1) is 0 Å². The van der Waals surface area contributed by atoms with Gasteiger partial charge in [0.25, 0.3) is 0 Å². The molecule has 0 saturated carbocycles. The largest absolute Gasteiger partial charge is 0.396 e. The topological polar surface area (TPSA) is 64.9 Å².